The van der Waals surface area contributed by atoms with Gasteiger partial charge >= 0.3 is 12.3 Å². The van der Waals surface area contributed by atoms with E-state index in [4.69, 9.17) is 4.74 Å². The summed E-state index contributed by atoms with van der Waals surface area (Å²) in [5.41, 5.74) is -0.642. The molecule has 1 aromatic carbocycles. The van der Waals surface area contributed by atoms with Gasteiger partial charge in [-0.2, -0.15) is 13.2 Å². The number of halogens is 3. The topological polar surface area (TPSA) is 58.6 Å². The molecule has 1 fully saturated rings. The fraction of sp³-hybridized carbons (Fsp3) is 0.579. The largest absolute Gasteiger partial charge is 0.444 e. The molecule has 0 aromatic heterocycles. The molecule has 1 heterocycles. The van der Waals surface area contributed by atoms with Gasteiger partial charge in [0.15, 0.2) is 0 Å². The van der Waals surface area contributed by atoms with E-state index in [1.807, 2.05) is 0 Å². The van der Waals surface area contributed by atoms with Gasteiger partial charge in [0.1, 0.15) is 11.6 Å². The van der Waals surface area contributed by atoms with Crippen LogP contribution in [0.2, 0.25) is 0 Å². The first-order chi connectivity index (χ1) is 12.5. The van der Waals surface area contributed by atoms with Crippen molar-refractivity contribution >= 4 is 12.0 Å². The summed E-state index contributed by atoms with van der Waals surface area (Å²) in [6, 6.07) is 4.28. The molecular weight excluding hydrogens is 361 g/mol. The van der Waals surface area contributed by atoms with Gasteiger partial charge in [-0.25, -0.2) is 4.79 Å². The number of likely N-dealkylation sites (tertiary alicyclic amines) is 1. The van der Waals surface area contributed by atoms with E-state index in [9.17, 15) is 22.8 Å². The molecule has 1 aliphatic rings. The molecule has 2 rings (SSSR count). The SMILES string of the molecule is CC(C)(C)OC(=O)N1CCCC1C(=O)NCCc1ccc(C(F)(F)F)cc1. The summed E-state index contributed by atoms with van der Waals surface area (Å²) >= 11 is 0. The van der Waals surface area contributed by atoms with Crippen molar-refractivity contribution in [1.29, 1.82) is 0 Å². The van der Waals surface area contributed by atoms with Crippen LogP contribution in [0.1, 0.15) is 44.7 Å². The molecule has 2 amide bonds. The summed E-state index contributed by atoms with van der Waals surface area (Å²) in [6.45, 7) is 6.04. The lowest BCUT2D eigenvalue weighted by molar-refractivity contribution is -0.137. The highest BCUT2D eigenvalue weighted by atomic mass is 19.4. The second-order valence-corrected chi connectivity index (χ2v) is 7.57. The molecule has 27 heavy (non-hydrogen) atoms. The van der Waals surface area contributed by atoms with Crippen molar-refractivity contribution in [2.45, 2.75) is 57.9 Å². The molecule has 0 radical (unpaired) electrons. The maximum Gasteiger partial charge on any atom is 0.416 e. The number of nitrogens with zero attached hydrogens (tertiary/aromatic N) is 1. The Morgan fingerprint density at radius 1 is 1.19 bits per heavy atom. The first-order valence-electron chi connectivity index (χ1n) is 8.91. The Morgan fingerprint density at radius 2 is 1.81 bits per heavy atom. The van der Waals surface area contributed by atoms with E-state index in [1.54, 1.807) is 20.8 Å². The zero-order valence-electron chi connectivity index (χ0n) is 15.7. The number of carbonyl (C=O) groups is 2. The number of amides is 2. The molecule has 0 bridgehead atoms. The molecule has 1 atom stereocenters. The van der Waals surface area contributed by atoms with Gasteiger partial charge in [-0.3, -0.25) is 9.69 Å². The van der Waals surface area contributed by atoms with Crippen LogP contribution in [0.3, 0.4) is 0 Å². The van der Waals surface area contributed by atoms with Crippen LogP contribution in [0.25, 0.3) is 0 Å². The summed E-state index contributed by atoms with van der Waals surface area (Å²) in [4.78, 5) is 26.0. The standard InChI is InChI=1S/C19H25F3N2O3/c1-18(2,3)27-17(26)24-12-4-5-15(24)16(25)23-11-10-13-6-8-14(9-7-13)19(20,21)22/h6-9,15H,4-5,10-12H2,1-3H3,(H,23,25). The van der Waals surface area contributed by atoms with Crippen LogP contribution in [0.4, 0.5) is 18.0 Å². The molecular formula is C19H25F3N2O3. The summed E-state index contributed by atoms with van der Waals surface area (Å²) < 4.78 is 43.0. The maximum absolute atomic E-state index is 12.6. The molecule has 150 valence electrons. The molecule has 1 saturated heterocycles. The lowest BCUT2D eigenvalue weighted by atomic mass is 10.1. The predicted molar refractivity (Wildman–Crippen MR) is 94.1 cm³/mol. The molecule has 1 N–H and O–H groups in total. The number of nitrogens with one attached hydrogen (secondary N) is 1. The minimum absolute atomic E-state index is 0.273. The third-order valence-corrected chi connectivity index (χ3v) is 4.18. The van der Waals surface area contributed by atoms with Gasteiger partial charge in [0.2, 0.25) is 5.91 Å². The van der Waals surface area contributed by atoms with E-state index in [0.717, 1.165) is 18.6 Å². The van der Waals surface area contributed by atoms with Crippen molar-refractivity contribution in [3.8, 4) is 0 Å². The normalized spacial score (nSPS) is 17.7. The zero-order valence-corrected chi connectivity index (χ0v) is 15.7. The van der Waals surface area contributed by atoms with Crippen LogP contribution in [0.5, 0.6) is 0 Å². The highest BCUT2D eigenvalue weighted by Crippen LogP contribution is 2.29. The number of hydrogen-bond donors (Lipinski definition) is 1. The number of carbonyl (C=O) groups excluding carboxylic acids is 2. The second-order valence-electron chi connectivity index (χ2n) is 7.57. The fourth-order valence-electron chi connectivity index (χ4n) is 2.89. The molecule has 0 spiro atoms. The quantitative estimate of drug-likeness (QED) is 0.857. The summed E-state index contributed by atoms with van der Waals surface area (Å²) in [7, 11) is 0. The van der Waals surface area contributed by atoms with Crippen LogP contribution in [0.15, 0.2) is 24.3 Å². The Labute approximate surface area is 156 Å². The zero-order chi connectivity index (χ0) is 20.2. The van der Waals surface area contributed by atoms with Crippen molar-refractivity contribution < 1.29 is 27.5 Å². The number of rotatable bonds is 4. The Kier molecular flexibility index (Phi) is 6.38. The minimum Gasteiger partial charge on any atom is -0.444 e. The van der Waals surface area contributed by atoms with Gasteiger partial charge in [-0.1, -0.05) is 12.1 Å². The average molecular weight is 386 g/mol. The minimum atomic E-state index is -4.36. The van der Waals surface area contributed by atoms with Crippen molar-refractivity contribution in [2.75, 3.05) is 13.1 Å². The van der Waals surface area contributed by atoms with Gasteiger partial charge in [0.25, 0.3) is 0 Å². The van der Waals surface area contributed by atoms with Crippen molar-refractivity contribution in [1.82, 2.24) is 10.2 Å². The van der Waals surface area contributed by atoms with Crippen LogP contribution >= 0.6 is 0 Å². The van der Waals surface area contributed by atoms with Gasteiger partial charge in [-0.15, -0.1) is 0 Å². The van der Waals surface area contributed by atoms with Crippen molar-refractivity contribution in [2.24, 2.45) is 0 Å². The van der Waals surface area contributed by atoms with Crippen LogP contribution < -0.4 is 5.32 Å². The van der Waals surface area contributed by atoms with Crippen LogP contribution in [0, 0.1) is 0 Å². The molecule has 1 aliphatic heterocycles. The van der Waals surface area contributed by atoms with Gasteiger partial charge in [-0.05, 0) is 57.7 Å². The molecule has 1 aromatic rings. The lowest BCUT2D eigenvalue weighted by Gasteiger charge is -2.28. The van der Waals surface area contributed by atoms with Crippen molar-refractivity contribution in [3.05, 3.63) is 35.4 Å². The molecule has 0 saturated carbocycles. The van der Waals surface area contributed by atoms with Gasteiger partial charge in [0, 0.05) is 13.1 Å². The summed E-state index contributed by atoms with van der Waals surface area (Å²) in [6.07, 6.45) is -3.19. The highest BCUT2D eigenvalue weighted by molar-refractivity contribution is 5.86. The Hall–Kier alpha value is -2.25. The van der Waals surface area contributed by atoms with E-state index in [0.29, 0.717) is 24.9 Å². The summed E-state index contributed by atoms with van der Waals surface area (Å²) in [5.74, 6) is -0.273. The third-order valence-electron chi connectivity index (χ3n) is 4.18. The molecule has 5 nitrogen and oxygen atoms in total. The van der Waals surface area contributed by atoms with Gasteiger partial charge < -0.3 is 10.1 Å². The summed E-state index contributed by atoms with van der Waals surface area (Å²) in [5, 5.41) is 2.76. The number of hydrogen-bond acceptors (Lipinski definition) is 3. The van der Waals surface area contributed by atoms with E-state index in [-0.39, 0.29) is 12.5 Å². The number of alkyl halides is 3. The second kappa shape index (κ2) is 8.19. The lowest BCUT2D eigenvalue weighted by Crippen LogP contribution is -2.47. The van der Waals surface area contributed by atoms with Crippen LogP contribution in [-0.2, 0) is 22.1 Å². The molecule has 0 aliphatic carbocycles. The predicted octanol–water partition coefficient (Wildman–Crippen LogP) is 3.76. The third kappa shape index (κ3) is 6.15. The number of ether oxygens (including phenoxy) is 1. The molecule has 1 unspecified atom stereocenters. The maximum atomic E-state index is 12.6. The average Bonchev–Trinajstić information content (AvgIpc) is 3.02. The van der Waals surface area contributed by atoms with E-state index in [2.05, 4.69) is 5.32 Å². The van der Waals surface area contributed by atoms with E-state index < -0.39 is 29.5 Å². The van der Waals surface area contributed by atoms with E-state index in [1.165, 1.54) is 17.0 Å². The van der Waals surface area contributed by atoms with Crippen LogP contribution in [-0.4, -0.2) is 41.6 Å². The fourth-order valence-corrected chi connectivity index (χ4v) is 2.89. The Morgan fingerprint density at radius 3 is 2.37 bits per heavy atom. The smallest absolute Gasteiger partial charge is 0.416 e. The first-order valence-corrected chi connectivity index (χ1v) is 8.91. The Bertz CT molecular complexity index is 666. The van der Waals surface area contributed by atoms with E-state index >= 15 is 0 Å². The molecule has 8 heteroatoms. The first kappa shape index (κ1) is 21.1. The van der Waals surface area contributed by atoms with Gasteiger partial charge in [0.05, 0.1) is 5.56 Å². The Balaban J connectivity index is 1.85. The monoisotopic (exact) mass is 386 g/mol. The highest BCUT2D eigenvalue weighted by Gasteiger charge is 2.36. The van der Waals surface area contributed by atoms with Crippen molar-refractivity contribution in [3.63, 3.8) is 0 Å². The number of benzene rings is 1.